The van der Waals surface area contributed by atoms with Crippen LogP contribution in [0.3, 0.4) is 0 Å². The van der Waals surface area contributed by atoms with E-state index in [9.17, 15) is 5.11 Å². The van der Waals surface area contributed by atoms with E-state index >= 15 is 0 Å². The van der Waals surface area contributed by atoms with Crippen LogP contribution >= 0.6 is 0 Å². The molecule has 1 fully saturated rings. The maximum absolute atomic E-state index is 9.83. The van der Waals surface area contributed by atoms with Crippen molar-refractivity contribution in [1.82, 2.24) is 15.2 Å². The fraction of sp³-hybridized carbons (Fsp3) is 0.800. The van der Waals surface area contributed by atoms with Crippen molar-refractivity contribution >= 4 is 0 Å². The lowest BCUT2D eigenvalue weighted by atomic mass is 9.85. The number of H-pyrrole nitrogens is 1. The molecule has 1 saturated carbocycles. The SMILES string of the molecule is OC(CC1CCCCC1)c1ncn[nH]1. The molecule has 2 N–H and O–H groups in total. The summed E-state index contributed by atoms with van der Waals surface area (Å²) in [5, 5.41) is 16.3. The van der Waals surface area contributed by atoms with Crippen LogP contribution in [0.15, 0.2) is 6.33 Å². The molecule has 0 amide bonds. The first-order chi connectivity index (χ1) is 6.86. The molecule has 4 nitrogen and oxygen atoms in total. The number of hydrogen-bond acceptors (Lipinski definition) is 3. The Morgan fingerprint density at radius 1 is 1.43 bits per heavy atom. The van der Waals surface area contributed by atoms with Gasteiger partial charge in [-0.05, 0) is 12.3 Å². The summed E-state index contributed by atoms with van der Waals surface area (Å²) in [6.45, 7) is 0. The normalized spacial score (nSPS) is 20.9. The topological polar surface area (TPSA) is 61.8 Å². The molecular weight excluding hydrogens is 178 g/mol. The summed E-state index contributed by atoms with van der Waals surface area (Å²) in [4.78, 5) is 3.96. The first kappa shape index (κ1) is 9.65. The lowest BCUT2D eigenvalue weighted by molar-refractivity contribution is 0.123. The smallest absolute Gasteiger partial charge is 0.153 e. The van der Waals surface area contributed by atoms with Gasteiger partial charge in [-0.2, -0.15) is 5.10 Å². The summed E-state index contributed by atoms with van der Waals surface area (Å²) < 4.78 is 0. The molecule has 1 aromatic heterocycles. The maximum Gasteiger partial charge on any atom is 0.153 e. The zero-order valence-corrected chi connectivity index (χ0v) is 8.32. The molecule has 1 heterocycles. The van der Waals surface area contributed by atoms with Gasteiger partial charge in [-0.3, -0.25) is 5.10 Å². The van der Waals surface area contributed by atoms with Crippen LogP contribution in [0.4, 0.5) is 0 Å². The summed E-state index contributed by atoms with van der Waals surface area (Å²) in [7, 11) is 0. The van der Waals surface area contributed by atoms with E-state index in [4.69, 9.17) is 0 Å². The summed E-state index contributed by atoms with van der Waals surface area (Å²) in [5.74, 6) is 1.28. The number of hydrogen-bond donors (Lipinski definition) is 2. The number of aliphatic hydroxyl groups excluding tert-OH is 1. The molecule has 0 aliphatic heterocycles. The molecule has 1 aliphatic carbocycles. The minimum Gasteiger partial charge on any atom is -0.385 e. The third-order valence-corrected chi connectivity index (χ3v) is 3.03. The average molecular weight is 195 g/mol. The third kappa shape index (κ3) is 2.32. The van der Waals surface area contributed by atoms with Gasteiger partial charge in [-0.1, -0.05) is 32.1 Å². The van der Waals surface area contributed by atoms with Gasteiger partial charge in [0.05, 0.1) is 0 Å². The predicted octanol–water partition coefficient (Wildman–Crippen LogP) is 1.81. The zero-order chi connectivity index (χ0) is 9.80. The van der Waals surface area contributed by atoms with Gasteiger partial charge < -0.3 is 5.11 Å². The van der Waals surface area contributed by atoms with Crippen LogP contribution in [-0.4, -0.2) is 20.3 Å². The Morgan fingerprint density at radius 2 is 2.21 bits per heavy atom. The van der Waals surface area contributed by atoms with E-state index in [1.165, 1.54) is 38.4 Å². The molecule has 0 saturated heterocycles. The highest BCUT2D eigenvalue weighted by atomic mass is 16.3. The number of rotatable bonds is 3. The lowest BCUT2D eigenvalue weighted by Gasteiger charge is -2.22. The van der Waals surface area contributed by atoms with E-state index in [1.807, 2.05) is 0 Å². The van der Waals surface area contributed by atoms with E-state index in [0.717, 1.165) is 6.42 Å². The number of aromatic amines is 1. The van der Waals surface area contributed by atoms with Crippen molar-refractivity contribution in [1.29, 1.82) is 0 Å². The Labute approximate surface area is 83.8 Å². The minimum absolute atomic E-state index is 0.458. The number of aliphatic hydroxyl groups is 1. The first-order valence-corrected chi connectivity index (χ1v) is 5.39. The summed E-state index contributed by atoms with van der Waals surface area (Å²) in [6, 6.07) is 0. The fourth-order valence-corrected chi connectivity index (χ4v) is 2.23. The van der Waals surface area contributed by atoms with Gasteiger partial charge in [-0.15, -0.1) is 0 Å². The first-order valence-electron chi connectivity index (χ1n) is 5.39. The van der Waals surface area contributed by atoms with Crippen LogP contribution in [0.25, 0.3) is 0 Å². The highest BCUT2D eigenvalue weighted by Gasteiger charge is 2.19. The highest BCUT2D eigenvalue weighted by molar-refractivity contribution is 4.87. The summed E-state index contributed by atoms with van der Waals surface area (Å²) in [6.07, 6.45) is 8.31. The molecule has 1 atom stereocenters. The van der Waals surface area contributed by atoms with Crippen molar-refractivity contribution in [3.63, 3.8) is 0 Å². The molecule has 14 heavy (non-hydrogen) atoms. The molecule has 1 unspecified atom stereocenters. The van der Waals surface area contributed by atoms with E-state index in [1.54, 1.807) is 0 Å². The molecule has 0 aromatic carbocycles. The Balaban J connectivity index is 1.84. The highest BCUT2D eigenvalue weighted by Crippen LogP contribution is 2.30. The molecule has 0 radical (unpaired) electrons. The largest absolute Gasteiger partial charge is 0.385 e. The summed E-state index contributed by atoms with van der Waals surface area (Å²) >= 11 is 0. The van der Waals surface area contributed by atoms with Crippen LogP contribution in [0.1, 0.15) is 50.5 Å². The van der Waals surface area contributed by atoms with Crippen molar-refractivity contribution in [2.45, 2.75) is 44.6 Å². The van der Waals surface area contributed by atoms with Gasteiger partial charge in [0.2, 0.25) is 0 Å². The van der Waals surface area contributed by atoms with Gasteiger partial charge in [-0.25, -0.2) is 4.98 Å². The van der Waals surface area contributed by atoms with E-state index in [-0.39, 0.29) is 0 Å². The third-order valence-electron chi connectivity index (χ3n) is 3.03. The maximum atomic E-state index is 9.83. The molecule has 0 bridgehead atoms. The van der Waals surface area contributed by atoms with E-state index in [2.05, 4.69) is 15.2 Å². The number of nitrogens with one attached hydrogen (secondary N) is 1. The number of aromatic nitrogens is 3. The van der Waals surface area contributed by atoms with Crippen LogP contribution in [-0.2, 0) is 0 Å². The molecule has 4 heteroatoms. The second kappa shape index (κ2) is 4.55. The standard InChI is InChI=1S/C10H17N3O/c14-9(10-11-7-12-13-10)6-8-4-2-1-3-5-8/h7-9,14H,1-6H2,(H,11,12,13). The quantitative estimate of drug-likeness (QED) is 0.773. The van der Waals surface area contributed by atoms with Crippen molar-refractivity contribution < 1.29 is 5.11 Å². The number of nitrogens with zero attached hydrogens (tertiary/aromatic N) is 2. The molecule has 0 spiro atoms. The van der Waals surface area contributed by atoms with E-state index in [0.29, 0.717) is 11.7 Å². The van der Waals surface area contributed by atoms with Gasteiger partial charge in [0.25, 0.3) is 0 Å². The Kier molecular flexibility index (Phi) is 3.14. The lowest BCUT2D eigenvalue weighted by Crippen LogP contribution is -2.12. The molecule has 2 rings (SSSR count). The van der Waals surface area contributed by atoms with Gasteiger partial charge in [0.15, 0.2) is 5.82 Å². The average Bonchev–Trinajstić information content (AvgIpc) is 2.72. The Bertz CT molecular complexity index is 254. The van der Waals surface area contributed by atoms with Crippen LogP contribution in [0, 0.1) is 5.92 Å². The van der Waals surface area contributed by atoms with Gasteiger partial charge in [0, 0.05) is 0 Å². The molecule has 1 aromatic rings. The van der Waals surface area contributed by atoms with Gasteiger partial charge >= 0.3 is 0 Å². The molecule has 78 valence electrons. The van der Waals surface area contributed by atoms with Crippen molar-refractivity contribution in [3.05, 3.63) is 12.2 Å². The second-order valence-electron chi connectivity index (χ2n) is 4.13. The van der Waals surface area contributed by atoms with E-state index < -0.39 is 6.10 Å². The van der Waals surface area contributed by atoms with Crippen molar-refractivity contribution in [2.75, 3.05) is 0 Å². The molecular formula is C10H17N3O. The summed E-state index contributed by atoms with van der Waals surface area (Å²) in [5.41, 5.74) is 0. The Hall–Kier alpha value is -0.900. The van der Waals surface area contributed by atoms with Crippen LogP contribution < -0.4 is 0 Å². The van der Waals surface area contributed by atoms with Crippen molar-refractivity contribution in [3.8, 4) is 0 Å². The van der Waals surface area contributed by atoms with Gasteiger partial charge in [0.1, 0.15) is 12.4 Å². The van der Waals surface area contributed by atoms with Crippen LogP contribution in [0.5, 0.6) is 0 Å². The predicted molar refractivity (Wildman–Crippen MR) is 52.5 cm³/mol. The Morgan fingerprint density at radius 3 is 2.86 bits per heavy atom. The monoisotopic (exact) mass is 195 g/mol. The fourth-order valence-electron chi connectivity index (χ4n) is 2.23. The van der Waals surface area contributed by atoms with Crippen LogP contribution in [0.2, 0.25) is 0 Å². The molecule has 1 aliphatic rings. The minimum atomic E-state index is -0.458. The second-order valence-corrected chi connectivity index (χ2v) is 4.13. The zero-order valence-electron chi connectivity index (χ0n) is 8.32. The van der Waals surface area contributed by atoms with Crippen molar-refractivity contribution in [2.24, 2.45) is 5.92 Å².